The van der Waals surface area contributed by atoms with Crippen LogP contribution in [0.1, 0.15) is 43.6 Å². The van der Waals surface area contributed by atoms with Gasteiger partial charge in [-0.3, -0.25) is 0 Å². The van der Waals surface area contributed by atoms with Crippen LogP contribution in [-0.4, -0.2) is 24.8 Å². The molecule has 1 aliphatic rings. The summed E-state index contributed by atoms with van der Waals surface area (Å²) in [5.74, 6) is -2.83. The quantitative estimate of drug-likeness (QED) is 0.482. The molecule has 9 heteroatoms. The maximum Gasteiger partial charge on any atom is 0.408 e. The van der Waals surface area contributed by atoms with Gasteiger partial charge in [0, 0.05) is 23.6 Å². The molecule has 1 heterocycles. The Labute approximate surface area is 200 Å². The third-order valence-corrected chi connectivity index (χ3v) is 5.62. The number of halogens is 3. The molecular weight excluding hydrogens is 461 g/mol. The lowest BCUT2D eigenvalue weighted by molar-refractivity contribution is 0.0422. The van der Waals surface area contributed by atoms with Gasteiger partial charge in [-0.25, -0.2) is 18.0 Å². The number of carbonyl (C=O) groups excluding carboxylic acids is 1. The zero-order chi connectivity index (χ0) is 25.5. The lowest BCUT2D eigenvalue weighted by Gasteiger charge is -2.35. The maximum absolute atomic E-state index is 14.7. The Hall–Kier alpha value is -3.93. The summed E-state index contributed by atoms with van der Waals surface area (Å²) in [6.45, 7) is 5.08. The van der Waals surface area contributed by atoms with Crippen LogP contribution in [0.25, 0.3) is 10.8 Å². The van der Waals surface area contributed by atoms with Gasteiger partial charge in [-0.05, 0) is 55.8 Å². The monoisotopic (exact) mass is 484 g/mol. The van der Waals surface area contributed by atoms with Gasteiger partial charge in [0.15, 0.2) is 11.6 Å². The number of nitrogens with zero attached hydrogens (tertiary/aromatic N) is 1. The van der Waals surface area contributed by atoms with E-state index in [9.17, 15) is 23.2 Å². The van der Waals surface area contributed by atoms with Crippen molar-refractivity contribution < 1.29 is 32.2 Å². The highest BCUT2D eigenvalue weighted by molar-refractivity contribution is 5.91. The Morgan fingerprint density at radius 2 is 1.83 bits per heavy atom. The molecule has 0 bridgehead atoms. The first-order chi connectivity index (χ1) is 16.5. The van der Waals surface area contributed by atoms with E-state index in [1.807, 2.05) is 0 Å². The molecule has 0 radical (unpaired) electrons. The van der Waals surface area contributed by atoms with Crippen molar-refractivity contribution in [1.82, 2.24) is 5.32 Å². The number of hydrogen-bond donors (Lipinski definition) is 1. The number of ether oxygens (including phenoxy) is 3. The van der Waals surface area contributed by atoms with Gasteiger partial charge in [0.2, 0.25) is 0 Å². The van der Waals surface area contributed by atoms with Crippen molar-refractivity contribution in [2.45, 2.75) is 44.9 Å². The number of nitrogens with one attached hydrogen (secondary N) is 1. The standard InChI is InChI=1S/C26H23F3N2O4/c1-26(2,3)35-25(32)31-21-9-16-15-10-23(33-4)14(12-30)7-13(15)5-6-22(16)34-24(21)17-8-19(28)20(29)11-18(17)27/h5-8,10-11,21,24H,9H2,1-4H3,(H,31,32). The van der Waals surface area contributed by atoms with Crippen LogP contribution in [-0.2, 0) is 11.2 Å². The first-order valence-electron chi connectivity index (χ1n) is 10.8. The van der Waals surface area contributed by atoms with Crippen LogP contribution in [0.15, 0.2) is 36.4 Å². The van der Waals surface area contributed by atoms with Crippen molar-refractivity contribution in [2.24, 2.45) is 0 Å². The Morgan fingerprint density at radius 1 is 1.11 bits per heavy atom. The molecule has 4 rings (SSSR count). The SMILES string of the molecule is COc1cc2c3c(ccc2cc1C#N)OC(c1cc(F)c(F)cc1F)C(NC(=O)OC(C)(C)C)C3. The molecule has 3 aromatic rings. The van der Waals surface area contributed by atoms with E-state index < -0.39 is 41.3 Å². The van der Waals surface area contributed by atoms with Crippen LogP contribution in [0.5, 0.6) is 11.5 Å². The minimum atomic E-state index is -1.33. The summed E-state index contributed by atoms with van der Waals surface area (Å²) < 4.78 is 59.1. The molecule has 0 saturated carbocycles. The summed E-state index contributed by atoms with van der Waals surface area (Å²) in [4.78, 5) is 12.6. The van der Waals surface area contributed by atoms with Gasteiger partial charge in [0.1, 0.15) is 35.1 Å². The van der Waals surface area contributed by atoms with Crippen molar-refractivity contribution in [2.75, 3.05) is 7.11 Å². The van der Waals surface area contributed by atoms with E-state index in [1.165, 1.54) is 7.11 Å². The number of rotatable bonds is 3. The molecule has 182 valence electrons. The van der Waals surface area contributed by atoms with Crippen LogP contribution >= 0.6 is 0 Å². The van der Waals surface area contributed by atoms with E-state index in [0.29, 0.717) is 34.1 Å². The third kappa shape index (κ3) is 4.83. The first kappa shape index (κ1) is 24.2. The second-order valence-corrected chi connectivity index (χ2v) is 9.21. The van der Waals surface area contributed by atoms with Gasteiger partial charge in [0.05, 0.1) is 18.7 Å². The average Bonchev–Trinajstić information content (AvgIpc) is 2.78. The molecule has 0 aromatic heterocycles. The van der Waals surface area contributed by atoms with Crippen molar-refractivity contribution in [1.29, 1.82) is 5.26 Å². The topological polar surface area (TPSA) is 80.6 Å². The lowest BCUT2D eigenvalue weighted by atomic mass is 9.89. The van der Waals surface area contributed by atoms with Gasteiger partial charge in [0.25, 0.3) is 0 Å². The van der Waals surface area contributed by atoms with Crippen molar-refractivity contribution >= 4 is 16.9 Å². The van der Waals surface area contributed by atoms with E-state index in [4.69, 9.17) is 14.2 Å². The second-order valence-electron chi connectivity index (χ2n) is 9.21. The zero-order valence-corrected chi connectivity index (χ0v) is 19.5. The predicted molar refractivity (Wildman–Crippen MR) is 122 cm³/mol. The van der Waals surface area contributed by atoms with E-state index in [0.717, 1.165) is 11.5 Å². The summed E-state index contributed by atoms with van der Waals surface area (Å²) in [6.07, 6.45) is -1.78. The van der Waals surface area contributed by atoms with Crippen molar-refractivity contribution in [3.63, 3.8) is 0 Å². The van der Waals surface area contributed by atoms with Gasteiger partial charge in [-0.1, -0.05) is 6.07 Å². The molecule has 0 fully saturated rings. The Bertz CT molecular complexity index is 1360. The summed E-state index contributed by atoms with van der Waals surface area (Å²) >= 11 is 0. The number of alkyl carbamates (subject to hydrolysis) is 1. The molecule has 1 aliphatic heterocycles. The minimum absolute atomic E-state index is 0.157. The molecule has 2 atom stereocenters. The highest BCUT2D eigenvalue weighted by Gasteiger charge is 2.37. The van der Waals surface area contributed by atoms with E-state index in [1.54, 1.807) is 45.0 Å². The Balaban J connectivity index is 1.83. The molecule has 3 aromatic carbocycles. The summed E-state index contributed by atoms with van der Waals surface area (Å²) in [7, 11) is 1.45. The molecule has 2 unspecified atom stereocenters. The fourth-order valence-electron chi connectivity index (χ4n) is 4.14. The van der Waals surface area contributed by atoms with Gasteiger partial charge >= 0.3 is 6.09 Å². The molecule has 1 N–H and O–H groups in total. The highest BCUT2D eigenvalue weighted by atomic mass is 19.2. The van der Waals surface area contributed by atoms with Crippen molar-refractivity contribution in [3.05, 3.63) is 70.5 Å². The molecule has 0 aliphatic carbocycles. The summed E-state index contributed by atoms with van der Waals surface area (Å²) in [5, 5.41) is 13.5. The van der Waals surface area contributed by atoms with Crippen LogP contribution in [0.4, 0.5) is 18.0 Å². The summed E-state index contributed by atoms with van der Waals surface area (Å²) in [6, 6.07) is 9.12. The lowest BCUT2D eigenvalue weighted by Crippen LogP contribution is -2.47. The molecule has 0 spiro atoms. The van der Waals surface area contributed by atoms with Crippen LogP contribution < -0.4 is 14.8 Å². The number of nitriles is 1. The fourth-order valence-corrected chi connectivity index (χ4v) is 4.14. The van der Waals surface area contributed by atoms with Crippen molar-refractivity contribution in [3.8, 4) is 17.6 Å². The van der Waals surface area contributed by atoms with Gasteiger partial charge in [-0.15, -0.1) is 0 Å². The smallest absolute Gasteiger partial charge is 0.408 e. The fraction of sp³-hybridized carbons (Fsp3) is 0.308. The Morgan fingerprint density at radius 3 is 2.49 bits per heavy atom. The van der Waals surface area contributed by atoms with Gasteiger partial charge < -0.3 is 19.5 Å². The van der Waals surface area contributed by atoms with Crippen LogP contribution in [0.2, 0.25) is 0 Å². The molecule has 6 nitrogen and oxygen atoms in total. The third-order valence-electron chi connectivity index (χ3n) is 5.62. The maximum atomic E-state index is 14.7. The number of carbonyl (C=O) groups is 1. The number of hydrogen-bond acceptors (Lipinski definition) is 5. The molecule has 0 saturated heterocycles. The van der Waals surface area contributed by atoms with E-state index >= 15 is 0 Å². The average molecular weight is 484 g/mol. The molecular formula is C26H23F3N2O4. The first-order valence-corrected chi connectivity index (χ1v) is 10.8. The van der Waals surface area contributed by atoms with Crippen LogP contribution in [0.3, 0.4) is 0 Å². The van der Waals surface area contributed by atoms with E-state index in [2.05, 4.69) is 11.4 Å². The number of fused-ring (bicyclic) bond motifs is 3. The summed E-state index contributed by atoms with van der Waals surface area (Å²) in [5.41, 5.74) is -0.0193. The normalized spacial score (nSPS) is 17.2. The van der Waals surface area contributed by atoms with Gasteiger partial charge in [-0.2, -0.15) is 5.26 Å². The Kier molecular flexibility index (Phi) is 6.24. The second kappa shape index (κ2) is 9.02. The number of amides is 1. The largest absolute Gasteiger partial charge is 0.495 e. The highest BCUT2D eigenvalue weighted by Crippen LogP contribution is 2.41. The van der Waals surface area contributed by atoms with E-state index in [-0.39, 0.29) is 12.0 Å². The number of benzene rings is 3. The van der Waals surface area contributed by atoms with Crippen LogP contribution in [0, 0.1) is 28.8 Å². The molecule has 1 amide bonds. The zero-order valence-electron chi connectivity index (χ0n) is 19.5. The predicted octanol–water partition coefficient (Wildman–Crippen LogP) is 5.71. The number of methoxy groups -OCH3 is 1. The molecule has 35 heavy (non-hydrogen) atoms. The minimum Gasteiger partial charge on any atom is -0.495 e.